The fourth-order valence-electron chi connectivity index (χ4n) is 13.8. The van der Waals surface area contributed by atoms with Crippen LogP contribution in [-0.2, 0) is 19.0 Å². The van der Waals surface area contributed by atoms with E-state index < -0.39 is 22.8 Å². The predicted octanol–water partition coefficient (Wildman–Crippen LogP) is 11.3. The van der Waals surface area contributed by atoms with Crippen LogP contribution in [0.2, 0.25) is 0 Å². The number of ether oxygens (including phenoxy) is 7. The molecule has 33 nitrogen and oxygen atoms in total. The molecule has 9 aromatic rings. The number of fused-ring (bicyclic) bond motifs is 3. The zero-order valence-corrected chi connectivity index (χ0v) is 75.6. The highest BCUT2D eigenvalue weighted by Crippen LogP contribution is 2.30. The zero-order valence-electron chi connectivity index (χ0n) is 74.8. The number of furan rings is 1. The molecule has 9 heterocycles. The number of hydrogen-bond donors (Lipinski definition) is 6. The van der Waals surface area contributed by atoms with E-state index in [0.717, 1.165) is 157 Å². The smallest absolute Gasteiger partial charge is 0.410 e. The number of nitrogen functional groups attached to an aromatic ring is 1. The monoisotopic (exact) mass is 1730 g/mol. The van der Waals surface area contributed by atoms with Crippen molar-refractivity contribution in [1.29, 1.82) is 0 Å². The van der Waals surface area contributed by atoms with Crippen molar-refractivity contribution in [3.8, 4) is 40.3 Å². The zero-order chi connectivity index (χ0) is 88.1. The number of rotatable bonds is 23. The van der Waals surface area contributed by atoms with Gasteiger partial charge < -0.3 is 114 Å². The Labute approximate surface area is 736 Å². The van der Waals surface area contributed by atoms with E-state index in [9.17, 15) is 24.3 Å². The first-order valence-corrected chi connectivity index (χ1v) is 42.8. The summed E-state index contributed by atoms with van der Waals surface area (Å²) < 4.78 is 47.2. The third-order valence-corrected chi connectivity index (χ3v) is 20.4. The Morgan fingerprint density at radius 1 is 0.468 bits per heavy atom. The molecule has 0 spiro atoms. The van der Waals surface area contributed by atoms with Crippen LogP contribution in [0.25, 0.3) is 28.3 Å². The van der Waals surface area contributed by atoms with Crippen molar-refractivity contribution in [2.24, 2.45) is 0 Å². The molecule has 4 aromatic heterocycles. The first-order chi connectivity index (χ1) is 59.1. The van der Waals surface area contributed by atoms with E-state index in [1.54, 1.807) is 56.1 Å². The van der Waals surface area contributed by atoms with E-state index >= 15 is 0 Å². The van der Waals surface area contributed by atoms with Crippen molar-refractivity contribution in [2.75, 3.05) is 228 Å². The molecule has 34 heteroatoms. The van der Waals surface area contributed by atoms with Crippen LogP contribution in [0.15, 0.2) is 150 Å². The van der Waals surface area contributed by atoms with Crippen molar-refractivity contribution >= 4 is 87.7 Å². The maximum Gasteiger partial charge on any atom is 0.410 e. The summed E-state index contributed by atoms with van der Waals surface area (Å²) in [6.07, 6.45) is 3.51. The standard InChI is InChI=1S/C26H30N10O3.C18H29N3O3.C18H28N2O3.C15H22N2O3.C13H21N3O.ClH/c1-17(25(37)34-12-10-33(11-13-34)18-5-7-19(8-6-18)38-15-9-28-2)35-24-20(16-29-35)23-30-22(21-4-3-14-39-21)32-36(23)26(27)31-24;1-18(2,3)24-17(22)21-12-10-20(11-13-21)15-5-7-16(8-6-15)23-14-9-19-4;1-5-14-22-16-8-6-15(7-9-16)19-10-12-20(13-11-19)17(21)23-18(2,3)4;1-15(2,3)20-14(19)17-10-8-16(9-11-17)12-4-6-13(18)7-5-12;1-14-8-11-17-13-4-2-12(3-5-13)16-9-6-15-7-10-16;/h3-8,14,16-17,28H,9-13,15H2,1-2H3,(H2,27,31);5-8,19H,9-14H2,1-4H3;6-9H,5,10-14H2,1-4H3;4-7,18H,8-11H2,1-3H3;2-5,14-15H,6-11H2,1H3;1H. The summed E-state index contributed by atoms with van der Waals surface area (Å²) in [5.74, 6) is 4.88. The van der Waals surface area contributed by atoms with Crippen LogP contribution < -0.4 is 70.4 Å². The molecular formula is C90H131ClN20O13. The Bertz CT molecular complexity index is 4660. The molecule has 0 aliphatic carbocycles. The van der Waals surface area contributed by atoms with Crippen LogP contribution in [0, 0.1) is 0 Å². The molecule has 1 unspecified atom stereocenters. The number of amides is 4. The molecule has 14 rings (SSSR count). The maximum absolute atomic E-state index is 13.5. The molecule has 0 radical (unpaired) electrons. The molecule has 5 aromatic carbocycles. The van der Waals surface area contributed by atoms with E-state index in [0.29, 0.717) is 100 Å². The minimum absolute atomic E-state index is 0. The molecule has 5 aliphatic rings. The van der Waals surface area contributed by atoms with Crippen LogP contribution in [0.1, 0.15) is 88.6 Å². The van der Waals surface area contributed by atoms with Crippen LogP contribution in [0.4, 0.5) is 48.8 Å². The number of benzene rings is 5. The SMILES string of the molecule is CC(C)(C)OC(=O)N1CCN(c2ccc(O)cc2)CC1.CCCOc1ccc(N2CCN(C(=O)OC(C)(C)C)CC2)cc1.CNCCOc1ccc(N2CCN(C(=O)C(C)n3ncc4c3nc(N)n3nc(-c5ccco5)nc43)CC2)cc1.CNCCOc1ccc(N2CCN(C(=O)OC(C)(C)C)CC2)cc1.CNCCOc1ccc(N2CCNCC2)cc1.Cl. The lowest BCUT2D eigenvalue weighted by molar-refractivity contribution is -0.134. The summed E-state index contributed by atoms with van der Waals surface area (Å²) in [7, 11) is 5.73. The topological polar surface area (TPSA) is 330 Å². The minimum Gasteiger partial charge on any atom is -0.508 e. The summed E-state index contributed by atoms with van der Waals surface area (Å²) in [5, 5.41) is 31.4. The van der Waals surface area contributed by atoms with E-state index in [2.05, 4.69) is 121 Å². The second-order valence-electron chi connectivity index (χ2n) is 33.2. The Morgan fingerprint density at radius 2 is 0.806 bits per heavy atom. The van der Waals surface area contributed by atoms with E-state index in [4.69, 9.17) is 43.3 Å². The lowest BCUT2D eigenvalue weighted by Gasteiger charge is -2.37. The van der Waals surface area contributed by atoms with Crippen LogP contribution in [0.5, 0.6) is 28.7 Å². The van der Waals surface area contributed by atoms with Crippen molar-refractivity contribution in [1.82, 2.24) is 70.2 Å². The first-order valence-electron chi connectivity index (χ1n) is 42.8. The number of halogens is 1. The van der Waals surface area contributed by atoms with Crippen molar-refractivity contribution in [3.63, 3.8) is 0 Å². The number of nitrogens with one attached hydrogen (secondary N) is 4. The fraction of sp³-hybridized carbons (Fsp3) is 0.511. The average molecular weight is 1740 g/mol. The molecule has 124 heavy (non-hydrogen) atoms. The molecule has 7 N–H and O–H groups in total. The quantitative estimate of drug-likeness (QED) is 0.0256. The number of nitrogens with zero attached hydrogens (tertiary/aromatic N) is 15. The van der Waals surface area contributed by atoms with Gasteiger partial charge in [-0.3, -0.25) is 4.79 Å². The summed E-state index contributed by atoms with van der Waals surface area (Å²) in [4.78, 5) is 77.3. The second-order valence-corrected chi connectivity index (χ2v) is 33.2. The van der Waals surface area contributed by atoms with Crippen molar-refractivity contribution in [3.05, 3.63) is 146 Å². The van der Waals surface area contributed by atoms with E-state index in [-0.39, 0.29) is 48.3 Å². The number of phenols is 1. The van der Waals surface area contributed by atoms with Gasteiger partial charge in [0.25, 0.3) is 0 Å². The summed E-state index contributed by atoms with van der Waals surface area (Å²) in [6, 6.07) is 42.8. The molecule has 5 aliphatic heterocycles. The van der Waals surface area contributed by atoms with E-state index in [1.807, 2.05) is 156 Å². The molecule has 5 fully saturated rings. The summed E-state index contributed by atoms with van der Waals surface area (Å²) >= 11 is 0. The summed E-state index contributed by atoms with van der Waals surface area (Å²) in [5.41, 5.74) is 11.6. The normalized spacial score (nSPS) is 15.3. The Balaban J connectivity index is 0.000000182. The lowest BCUT2D eigenvalue weighted by atomic mass is 10.2. The number of phenolic OH excluding ortho intramolecular Hbond substituents is 1. The number of anilines is 6. The highest BCUT2D eigenvalue weighted by molar-refractivity contribution is 5.92. The lowest BCUT2D eigenvalue weighted by Crippen LogP contribution is -2.50. The average Bonchev–Trinajstić information content (AvgIpc) is 1.59. The van der Waals surface area contributed by atoms with Gasteiger partial charge in [0.1, 0.15) is 71.4 Å². The van der Waals surface area contributed by atoms with E-state index in [1.165, 1.54) is 10.2 Å². The van der Waals surface area contributed by atoms with Crippen LogP contribution >= 0.6 is 12.4 Å². The number of hydrogen-bond acceptors (Lipinski definition) is 27. The fourth-order valence-corrected chi connectivity index (χ4v) is 13.8. The van der Waals surface area contributed by atoms with Gasteiger partial charge in [-0.15, -0.1) is 17.5 Å². The number of aromatic nitrogens is 6. The van der Waals surface area contributed by atoms with Gasteiger partial charge in [-0.25, -0.2) is 24.0 Å². The number of aromatic hydroxyl groups is 1. The largest absolute Gasteiger partial charge is 0.508 e. The second kappa shape index (κ2) is 46.9. The highest BCUT2D eigenvalue weighted by atomic mass is 35.5. The number of nitrogens with two attached hydrogens (primary N) is 1. The molecule has 4 amide bonds. The Morgan fingerprint density at radius 3 is 1.14 bits per heavy atom. The molecule has 676 valence electrons. The molecule has 0 bridgehead atoms. The van der Waals surface area contributed by atoms with Crippen molar-refractivity contribution < 1.29 is 61.9 Å². The maximum atomic E-state index is 13.5. The number of carbonyl (C=O) groups is 4. The summed E-state index contributed by atoms with van der Waals surface area (Å²) in [6.45, 7) is 41.9. The predicted molar refractivity (Wildman–Crippen MR) is 490 cm³/mol. The third kappa shape index (κ3) is 29.4. The van der Waals surface area contributed by atoms with Gasteiger partial charge in [0.05, 0.1) is 24.5 Å². The molecule has 1 atom stereocenters. The third-order valence-electron chi connectivity index (χ3n) is 20.4. The first kappa shape index (κ1) is 96.4. The Kier molecular flexibility index (Phi) is 36.5. The van der Waals surface area contributed by atoms with Gasteiger partial charge in [-0.05, 0) is 230 Å². The van der Waals surface area contributed by atoms with Gasteiger partial charge in [-0.2, -0.15) is 14.6 Å². The minimum atomic E-state index is -0.565. The number of likely N-dealkylation sites (N-methyl/N-ethyl adjacent to an activating group) is 3. The number of piperazine rings is 5. The van der Waals surface area contributed by atoms with Crippen LogP contribution in [-0.4, -0.2) is 293 Å². The van der Waals surface area contributed by atoms with Gasteiger partial charge in [0.2, 0.25) is 17.7 Å². The molecule has 0 saturated carbocycles. The van der Waals surface area contributed by atoms with Crippen molar-refractivity contribution in [2.45, 2.75) is 105 Å². The molecular weight excluding hydrogens is 1600 g/mol. The molecule has 5 saturated heterocycles. The highest BCUT2D eigenvalue weighted by Gasteiger charge is 2.32. The number of carbonyl (C=O) groups excluding carboxylic acids is 4. The van der Waals surface area contributed by atoms with Gasteiger partial charge in [-0.1, -0.05) is 6.92 Å². The van der Waals surface area contributed by atoms with Crippen LogP contribution in [0.3, 0.4) is 0 Å². The van der Waals surface area contributed by atoms with Gasteiger partial charge in [0, 0.05) is 179 Å². The van der Waals surface area contributed by atoms with Gasteiger partial charge >= 0.3 is 18.3 Å². The Hall–Kier alpha value is -11.4. The van der Waals surface area contributed by atoms with Gasteiger partial charge in [0.15, 0.2) is 17.1 Å².